The molecule has 0 saturated heterocycles. The van der Waals surface area contributed by atoms with E-state index in [9.17, 15) is 4.79 Å². The largest absolute Gasteiger partial charge is 0.468 e. The molecule has 0 spiro atoms. The van der Waals surface area contributed by atoms with E-state index < -0.39 is 5.54 Å². The van der Waals surface area contributed by atoms with Crippen molar-refractivity contribution >= 4 is 5.97 Å². The van der Waals surface area contributed by atoms with Crippen LogP contribution in [0.15, 0.2) is 0 Å². The monoisotopic (exact) mass is 251 g/mol. The van der Waals surface area contributed by atoms with Gasteiger partial charge >= 0.3 is 5.97 Å². The summed E-state index contributed by atoms with van der Waals surface area (Å²) in [6, 6.07) is 0. The first-order valence-electron chi connectivity index (χ1n) is 7.45. The molecular weight excluding hydrogens is 226 g/mol. The van der Waals surface area contributed by atoms with Crippen LogP contribution < -0.4 is 5.73 Å². The Morgan fingerprint density at radius 1 is 1.17 bits per heavy atom. The number of hydrogen-bond donors (Lipinski definition) is 1. The summed E-state index contributed by atoms with van der Waals surface area (Å²) in [5.41, 5.74) is 5.76. The molecule has 0 heterocycles. The molecule has 0 aliphatic heterocycles. The quantitative estimate of drug-likeness (QED) is 0.783. The summed E-state index contributed by atoms with van der Waals surface area (Å²) in [5, 5.41) is 0. The zero-order valence-electron chi connectivity index (χ0n) is 11.5. The molecule has 2 N–H and O–H groups in total. The third kappa shape index (κ3) is 1.63. The smallest absolute Gasteiger partial charge is 0.326 e. The van der Waals surface area contributed by atoms with Crippen LogP contribution in [0.1, 0.15) is 45.4 Å². The lowest BCUT2D eigenvalue weighted by Crippen LogP contribution is -2.63. The van der Waals surface area contributed by atoms with Crippen LogP contribution in [0.5, 0.6) is 0 Å². The number of esters is 1. The standard InChI is InChI=1S/C15H25NO2/c1-3-15(16,14(17)18-2)13-11-5-9-4-10(7-11)8-12(13)6-9/h9-13H,3-8,16H2,1-2H3. The number of nitrogens with two attached hydrogens (primary N) is 1. The average molecular weight is 251 g/mol. The fourth-order valence-corrected chi connectivity index (χ4v) is 5.47. The lowest BCUT2D eigenvalue weighted by Gasteiger charge is -2.58. The Bertz CT molecular complexity index is 326. The first kappa shape index (κ1) is 12.5. The van der Waals surface area contributed by atoms with E-state index in [2.05, 4.69) is 0 Å². The van der Waals surface area contributed by atoms with Gasteiger partial charge in [-0.25, -0.2) is 0 Å². The Kier molecular flexibility index (Phi) is 2.92. The normalized spacial score (nSPS) is 44.7. The van der Waals surface area contributed by atoms with E-state index in [4.69, 9.17) is 10.5 Å². The van der Waals surface area contributed by atoms with Crippen molar-refractivity contribution in [1.29, 1.82) is 0 Å². The summed E-state index contributed by atoms with van der Waals surface area (Å²) in [5.74, 6) is 3.35. The number of ether oxygens (including phenoxy) is 1. The fourth-order valence-electron chi connectivity index (χ4n) is 5.47. The van der Waals surface area contributed by atoms with E-state index in [1.54, 1.807) is 0 Å². The van der Waals surface area contributed by atoms with Crippen LogP contribution in [0.2, 0.25) is 0 Å². The van der Waals surface area contributed by atoms with Gasteiger partial charge in [0.2, 0.25) is 0 Å². The van der Waals surface area contributed by atoms with E-state index in [-0.39, 0.29) is 5.97 Å². The van der Waals surface area contributed by atoms with Crippen molar-refractivity contribution in [3.05, 3.63) is 0 Å². The van der Waals surface area contributed by atoms with Gasteiger partial charge in [-0.15, -0.1) is 0 Å². The minimum absolute atomic E-state index is 0.192. The number of carbonyl (C=O) groups is 1. The van der Waals surface area contributed by atoms with E-state index in [1.807, 2.05) is 6.92 Å². The molecule has 4 saturated carbocycles. The SMILES string of the molecule is CCC(N)(C(=O)OC)C1C2CC3CC(C2)CC1C3. The van der Waals surface area contributed by atoms with Gasteiger partial charge in [0.05, 0.1) is 7.11 Å². The number of rotatable bonds is 3. The minimum atomic E-state index is -0.739. The Morgan fingerprint density at radius 2 is 1.67 bits per heavy atom. The second kappa shape index (κ2) is 4.22. The summed E-state index contributed by atoms with van der Waals surface area (Å²) in [6.07, 6.45) is 7.33. The van der Waals surface area contributed by atoms with Crippen LogP contribution in [0.4, 0.5) is 0 Å². The molecule has 4 aliphatic rings. The van der Waals surface area contributed by atoms with Crippen LogP contribution in [0, 0.1) is 29.6 Å². The van der Waals surface area contributed by atoms with E-state index in [0.29, 0.717) is 24.2 Å². The molecule has 102 valence electrons. The molecule has 4 aliphatic carbocycles. The topological polar surface area (TPSA) is 52.3 Å². The molecule has 1 unspecified atom stereocenters. The zero-order chi connectivity index (χ0) is 12.9. The molecule has 0 aromatic rings. The molecule has 0 aromatic heterocycles. The van der Waals surface area contributed by atoms with Gasteiger partial charge in [0.1, 0.15) is 5.54 Å². The second-order valence-corrected chi connectivity index (χ2v) is 6.84. The van der Waals surface area contributed by atoms with Crippen molar-refractivity contribution in [3.63, 3.8) is 0 Å². The molecule has 0 amide bonds. The molecule has 4 bridgehead atoms. The van der Waals surface area contributed by atoms with Crippen molar-refractivity contribution < 1.29 is 9.53 Å². The molecule has 1 atom stereocenters. The lowest BCUT2D eigenvalue weighted by molar-refractivity contribution is -0.158. The molecule has 3 nitrogen and oxygen atoms in total. The van der Waals surface area contributed by atoms with Crippen molar-refractivity contribution in [2.24, 2.45) is 35.3 Å². The summed E-state index contributed by atoms with van der Waals surface area (Å²) >= 11 is 0. The number of methoxy groups -OCH3 is 1. The maximum Gasteiger partial charge on any atom is 0.326 e. The molecule has 0 aromatic carbocycles. The Labute approximate surface area is 109 Å². The maximum absolute atomic E-state index is 12.1. The lowest BCUT2D eigenvalue weighted by atomic mass is 9.48. The molecule has 18 heavy (non-hydrogen) atoms. The van der Waals surface area contributed by atoms with E-state index >= 15 is 0 Å². The zero-order valence-corrected chi connectivity index (χ0v) is 11.5. The summed E-state index contributed by atoms with van der Waals surface area (Å²) in [7, 11) is 1.47. The van der Waals surface area contributed by atoms with Gasteiger partial charge in [-0.2, -0.15) is 0 Å². The van der Waals surface area contributed by atoms with Gasteiger partial charge < -0.3 is 10.5 Å². The van der Waals surface area contributed by atoms with Crippen LogP contribution >= 0.6 is 0 Å². The summed E-state index contributed by atoms with van der Waals surface area (Å²) in [4.78, 5) is 12.1. The minimum Gasteiger partial charge on any atom is -0.468 e. The van der Waals surface area contributed by atoms with Crippen molar-refractivity contribution in [2.45, 2.75) is 51.0 Å². The highest BCUT2D eigenvalue weighted by molar-refractivity contribution is 5.81. The van der Waals surface area contributed by atoms with Crippen molar-refractivity contribution in [2.75, 3.05) is 7.11 Å². The van der Waals surface area contributed by atoms with Gasteiger partial charge in [0, 0.05) is 0 Å². The van der Waals surface area contributed by atoms with Crippen LogP contribution in [0.3, 0.4) is 0 Å². The van der Waals surface area contributed by atoms with E-state index in [0.717, 1.165) is 11.8 Å². The van der Waals surface area contributed by atoms with Crippen molar-refractivity contribution in [1.82, 2.24) is 0 Å². The Morgan fingerprint density at radius 3 is 2.06 bits per heavy atom. The second-order valence-electron chi connectivity index (χ2n) is 6.84. The molecule has 4 fully saturated rings. The third-order valence-electron chi connectivity index (χ3n) is 5.97. The molecular formula is C15H25NO2. The van der Waals surface area contributed by atoms with Crippen molar-refractivity contribution in [3.8, 4) is 0 Å². The van der Waals surface area contributed by atoms with Gasteiger partial charge in [-0.1, -0.05) is 6.92 Å². The molecule has 3 heteroatoms. The first-order valence-corrected chi connectivity index (χ1v) is 7.45. The molecule has 0 radical (unpaired) electrons. The highest BCUT2D eigenvalue weighted by Gasteiger charge is 2.56. The highest BCUT2D eigenvalue weighted by Crippen LogP contribution is 2.59. The molecule has 4 rings (SSSR count). The number of carbonyl (C=O) groups excluding carboxylic acids is 1. The third-order valence-corrected chi connectivity index (χ3v) is 5.97. The summed E-state index contributed by atoms with van der Waals surface area (Å²) < 4.78 is 5.00. The Hall–Kier alpha value is -0.570. The van der Waals surface area contributed by atoms with Crippen LogP contribution in [-0.2, 0) is 9.53 Å². The predicted molar refractivity (Wildman–Crippen MR) is 69.8 cm³/mol. The maximum atomic E-state index is 12.1. The van der Waals surface area contributed by atoms with Gasteiger partial charge in [0.15, 0.2) is 0 Å². The first-order chi connectivity index (χ1) is 8.58. The van der Waals surface area contributed by atoms with Crippen LogP contribution in [-0.4, -0.2) is 18.6 Å². The van der Waals surface area contributed by atoms with Gasteiger partial charge in [-0.3, -0.25) is 4.79 Å². The summed E-state index contributed by atoms with van der Waals surface area (Å²) in [6.45, 7) is 2.03. The fraction of sp³-hybridized carbons (Fsp3) is 0.933. The average Bonchev–Trinajstić information content (AvgIpc) is 2.36. The number of hydrogen-bond acceptors (Lipinski definition) is 3. The van der Waals surface area contributed by atoms with Gasteiger partial charge in [0.25, 0.3) is 0 Å². The van der Waals surface area contributed by atoms with Gasteiger partial charge in [-0.05, 0) is 68.1 Å². The Balaban J connectivity index is 1.89. The van der Waals surface area contributed by atoms with E-state index in [1.165, 1.54) is 39.2 Å². The van der Waals surface area contributed by atoms with Crippen LogP contribution in [0.25, 0.3) is 0 Å². The predicted octanol–water partition coefficient (Wildman–Crippen LogP) is 2.34. The highest BCUT2D eigenvalue weighted by atomic mass is 16.5.